The van der Waals surface area contributed by atoms with E-state index >= 15 is 0 Å². The van der Waals surface area contributed by atoms with Crippen molar-refractivity contribution >= 4 is 33.4 Å². The number of hydrogen-bond acceptors (Lipinski definition) is 2. The number of nitrogens with zero attached hydrogens (tertiary/aromatic N) is 2. The fraction of sp³-hybridized carbons (Fsp3) is 0.500. The fourth-order valence-corrected chi connectivity index (χ4v) is 3.13. The Morgan fingerprint density at radius 2 is 1.79 bits per heavy atom. The molecule has 0 fully saturated rings. The molecule has 0 amide bonds. The van der Waals surface area contributed by atoms with Crippen molar-refractivity contribution in [1.29, 1.82) is 0 Å². The molecular weight excluding hydrogens is 307 g/mol. The first-order valence-electron chi connectivity index (χ1n) is 5.80. The van der Waals surface area contributed by atoms with Crippen molar-refractivity contribution in [2.75, 3.05) is 14.1 Å². The summed E-state index contributed by atoms with van der Waals surface area (Å²) < 4.78 is 27.1. The molecule has 7 heteroatoms. The molecule has 0 spiro atoms. The van der Waals surface area contributed by atoms with Gasteiger partial charge < -0.3 is 0 Å². The Hall–Kier alpha value is -0.330. The molecule has 0 radical (unpaired) electrons. The number of halogens is 2. The third-order valence-corrected chi connectivity index (χ3v) is 5.83. The van der Waals surface area contributed by atoms with Crippen LogP contribution in [0.25, 0.3) is 0 Å². The highest BCUT2D eigenvalue weighted by atomic mass is 35.5. The summed E-state index contributed by atoms with van der Waals surface area (Å²) in [5, 5.41) is 0.806. The SMILES string of the molecule is CC(C)N(C)S(=O)(=O)N(C)Cc1cccc(Cl)c1Cl. The molecular formula is C12H18Cl2N2O2S. The minimum atomic E-state index is -3.50. The predicted octanol–water partition coefficient (Wildman–Crippen LogP) is 3.01. The second kappa shape index (κ2) is 6.41. The van der Waals surface area contributed by atoms with E-state index in [1.165, 1.54) is 15.7 Å². The summed E-state index contributed by atoms with van der Waals surface area (Å²) in [6, 6.07) is 5.07. The maximum atomic E-state index is 12.2. The van der Waals surface area contributed by atoms with Gasteiger partial charge in [0, 0.05) is 26.7 Å². The zero-order valence-corrected chi connectivity index (χ0v) is 13.7. The largest absolute Gasteiger partial charge is 0.282 e. The summed E-state index contributed by atoms with van der Waals surface area (Å²) in [6.07, 6.45) is 0. The predicted molar refractivity (Wildman–Crippen MR) is 79.7 cm³/mol. The van der Waals surface area contributed by atoms with Gasteiger partial charge in [0.1, 0.15) is 0 Å². The van der Waals surface area contributed by atoms with Crippen LogP contribution in [0.5, 0.6) is 0 Å². The molecule has 1 aromatic rings. The molecule has 1 rings (SSSR count). The van der Waals surface area contributed by atoms with Crippen molar-refractivity contribution in [3.8, 4) is 0 Å². The maximum absolute atomic E-state index is 12.2. The van der Waals surface area contributed by atoms with E-state index in [1.54, 1.807) is 25.2 Å². The highest BCUT2D eigenvalue weighted by Crippen LogP contribution is 2.27. The highest BCUT2D eigenvalue weighted by molar-refractivity contribution is 7.86. The molecule has 0 aromatic heterocycles. The van der Waals surface area contributed by atoms with E-state index in [1.807, 2.05) is 13.8 Å². The minimum Gasteiger partial charge on any atom is -0.195 e. The lowest BCUT2D eigenvalue weighted by atomic mass is 10.2. The van der Waals surface area contributed by atoms with E-state index in [0.717, 1.165) is 0 Å². The van der Waals surface area contributed by atoms with Gasteiger partial charge in [-0.25, -0.2) is 0 Å². The fourth-order valence-electron chi connectivity index (χ4n) is 1.48. The van der Waals surface area contributed by atoms with Crippen LogP contribution in [0.2, 0.25) is 10.0 Å². The molecule has 0 bridgehead atoms. The Balaban J connectivity index is 2.97. The molecule has 19 heavy (non-hydrogen) atoms. The average Bonchev–Trinajstić information content (AvgIpc) is 2.33. The first-order valence-corrected chi connectivity index (χ1v) is 7.95. The lowest BCUT2D eigenvalue weighted by Gasteiger charge is -2.27. The van der Waals surface area contributed by atoms with E-state index in [0.29, 0.717) is 15.6 Å². The summed E-state index contributed by atoms with van der Waals surface area (Å²) in [5.41, 5.74) is 0.678. The van der Waals surface area contributed by atoms with Gasteiger partial charge in [-0.3, -0.25) is 0 Å². The molecule has 0 saturated carbocycles. The maximum Gasteiger partial charge on any atom is 0.282 e. The highest BCUT2D eigenvalue weighted by Gasteiger charge is 2.26. The summed E-state index contributed by atoms with van der Waals surface area (Å²) in [5.74, 6) is 0. The molecule has 0 aliphatic carbocycles. The normalized spacial score (nSPS) is 12.7. The van der Waals surface area contributed by atoms with Gasteiger partial charge in [0.05, 0.1) is 10.0 Å². The van der Waals surface area contributed by atoms with Gasteiger partial charge in [0.25, 0.3) is 10.2 Å². The summed E-state index contributed by atoms with van der Waals surface area (Å²) in [7, 11) is -0.430. The molecule has 108 valence electrons. The lowest BCUT2D eigenvalue weighted by molar-refractivity contribution is 0.355. The first-order chi connectivity index (χ1) is 8.67. The molecule has 0 aliphatic rings. The van der Waals surface area contributed by atoms with Crippen molar-refractivity contribution in [1.82, 2.24) is 8.61 Å². The summed E-state index contributed by atoms with van der Waals surface area (Å²) >= 11 is 12.0. The van der Waals surface area contributed by atoms with Crippen LogP contribution in [0.1, 0.15) is 19.4 Å². The van der Waals surface area contributed by atoms with Gasteiger partial charge in [-0.15, -0.1) is 0 Å². The van der Waals surface area contributed by atoms with Gasteiger partial charge in [-0.2, -0.15) is 17.0 Å². The summed E-state index contributed by atoms with van der Waals surface area (Å²) in [6.45, 7) is 3.81. The van der Waals surface area contributed by atoms with Gasteiger partial charge >= 0.3 is 0 Å². The Morgan fingerprint density at radius 3 is 2.32 bits per heavy atom. The molecule has 0 N–H and O–H groups in total. The van der Waals surface area contributed by atoms with Crippen LogP contribution in [-0.4, -0.2) is 37.2 Å². The van der Waals surface area contributed by atoms with E-state index in [9.17, 15) is 8.42 Å². The Morgan fingerprint density at radius 1 is 1.21 bits per heavy atom. The Labute approximate surface area is 125 Å². The van der Waals surface area contributed by atoms with Crippen LogP contribution >= 0.6 is 23.2 Å². The third-order valence-electron chi connectivity index (χ3n) is 2.91. The van der Waals surface area contributed by atoms with E-state index in [4.69, 9.17) is 23.2 Å². The Kier molecular flexibility index (Phi) is 5.65. The van der Waals surface area contributed by atoms with Crippen LogP contribution in [0.3, 0.4) is 0 Å². The molecule has 0 unspecified atom stereocenters. The molecule has 0 heterocycles. The van der Waals surface area contributed by atoms with Crippen molar-refractivity contribution in [2.45, 2.75) is 26.4 Å². The molecule has 0 atom stereocenters. The van der Waals surface area contributed by atoms with Crippen molar-refractivity contribution in [3.63, 3.8) is 0 Å². The van der Waals surface area contributed by atoms with Crippen molar-refractivity contribution in [3.05, 3.63) is 33.8 Å². The zero-order chi connectivity index (χ0) is 14.8. The minimum absolute atomic E-state index is 0.109. The van der Waals surface area contributed by atoms with Gasteiger partial charge in [-0.05, 0) is 25.5 Å². The quantitative estimate of drug-likeness (QED) is 0.835. The van der Waals surface area contributed by atoms with Crippen LogP contribution < -0.4 is 0 Å². The first kappa shape index (κ1) is 16.7. The van der Waals surface area contributed by atoms with Gasteiger partial charge in [-0.1, -0.05) is 35.3 Å². The molecule has 0 aliphatic heterocycles. The second-order valence-corrected chi connectivity index (χ2v) is 7.47. The van der Waals surface area contributed by atoms with Crippen LogP contribution in [0, 0.1) is 0 Å². The Bertz CT molecular complexity index is 547. The molecule has 1 aromatic carbocycles. The topological polar surface area (TPSA) is 40.6 Å². The van der Waals surface area contributed by atoms with Crippen molar-refractivity contribution < 1.29 is 8.42 Å². The van der Waals surface area contributed by atoms with Gasteiger partial charge in [0.15, 0.2) is 0 Å². The zero-order valence-electron chi connectivity index (χ0n) is 11.4. The monoisotopic (exact) mass is 324 g/mol. The van der Waals surface area contributed by atoms with Crippen LogP contribution in [0.4, 0.5) is 0 Å². The smallest absolute Gasteiger partial charge is 0.195 e. The number of hydrogen-bond donors (Lipinski definition) is 0. The van der Waals surface area contributed by atoms with E-state index in [2.05, 4.69) is 0 Å². The number of rotatable bonds is 5. The summed E-state index contributed by atoms with van der Waals surface area (Å²) in [4.78, 5) is 0. The second-order valence-electron chi connectivity index (χ2n) is 4.59. The van der Waals surface area contributed by atoms with Gasteiger partial charge in [0.2, 0.25) is 0 Å². The third kappa shape index (κ3) is 3.83. The molecule has 4 nitrogen and oxygen atoms in total. The average molecular weight is 325 g/mol. The number of benzene rings is 1. The van der Waals surface area contributed by atoms with Crippen LogP contribution in [0.15, 0.2) is 18.2 Å². The lowest BCUT2D eigenvalue weighted by Crippen LogP contribution is -2.42. The van der Waals surface area contributed by atoms with Crippen molar-refractivity contribution in [2.24, 2.45) is 0 Å². The van der Waals surface area contributed by atoms with Crippen LogP contribution in [-0.2, 0) is 16.8 Å². The standard InChI is InChI=1S/C12H18Cl2N2O2S/c1-9(2)16(4)19(17,18)15(3)8-10-6-5-7-11(13)12(10)14/h5-7,9H,8H2,1-4H3. The van der Waals surface area contributed by atoms with E-state index < -0.39 is 10.2 Å². The molecule has 0 saturated heterocycles. The van der Waals surface area contributed by atoms with E-state index in [-0.39, 0.29) is 12.6 Å².